The monoisotopic (exact) mass is 428 g/mol. The van der Waals surface area contributed by atoms with Crippen LogP contribution in [0.15, 0.2) is 54.9 Å². The molecule has 0 saturated heterocycles. The fourth-order valence-electron chi connectivity index (χ4n) is 2.09. The Morgan fingerprint density at radius 2 is 1.76 bits per heavy atom. The lowest BCUT2D eigenvalue weighted by molar-refractivity contribution is 0.687. The van der Waals surface area contributed by atoms with Gasteiger partial charge < -0.3 is 0 Å². The summed E-state index contributed by atoms with van der Waals surface area (Å²) in [6.07, 6.45) is 3.88. The summed E-state index contributed by atoms with van der Waals surface area (Å²) in [7, 11) is 0. The average Bonchev–Trinajstić information content (AvgIpc) is 2.93. The zero-order chi connectivity index (χ0) is 14.8. The highest BCUT2D eigenvalue weighted by Crippen LogP contribution is 2.26. The molecule has 0 radical (unpaired) electrons. The largest absolute Gasteiger partial charge is 0.268 e. The van der Waals surface area contributed by atoms with Gasteiger partial charge in [0.1, 0.15) is 0 Å². The molecule has 0 saturated carbocycles. The number of benzene rings is 2. The van der Waals surface area contributed by atoms with Gasteiger partial charge in [-0.05, 0) is 51.9 Å². The van der Waals surface area contributed by atoms with Gasteiger partial charge in [-0.25, -0.2) is 0 Å². The number of hydrogen-bond acceptors (Lipinski definition) is 1. The quantitative estimate of drug-likeness (QED) is 0.503. The molecule has 0 fully saturated rings. The summed E-state index contributed by atoms with van der Waals surface area (Å²) in [5.74, 6) is 0. The van der Waals surface area contributed by atoms with E-state index in [0.717, 1.165) is 16.7 Å². The maximum absolute atomic E-state index is 6.21. The molecule has 0 amide bonds. The van der Waals surface area contributed by atoms with Crippen LogP contribution in [0.2, 0.25) is 10.0 Å². The first-order valence-corrected chi connectivity index (χ1v) is 8.18. The molecule has 2 nitrogen and oxygen atoms in total. The van der Waals surface area contributed by atoms with Crippen molar-refractivity contribution in [3.8, 4) is 11.1 Å². The lowest BCUT2D eigenvalue weighted by Crippen LogP contribution is -2.00. The number of aromatic nitrogens is 2. The highest BCUT2D eigenvalue weighted by molar-refractivity contribution is 14.1. The van der Waals surface area contributed by atoms with Crippen LogP contribution >= 0.6 is 45.8 Å². The minimum absolute atomic E-state index is 0.569. The summed E-state index contributed by atoms with van der Waals surface area (Å²) in [6.45, 7) is 0.601. The van der Waals surface area contributed by atoms with Crippen molar-refractivity contribution >= 4 is 45.8 Å². The highest BCUT2D eigenvalue weighted by Gasteiger charge is 2.07. The molecule has 0 N–H and O–H groups in total. The van der Waals surface area contributed by atoms with Crippen molar-refractivity contribution in [2.75, 3.05) is 0 Å². The maximum atomic E-state index is 6.21. The van der Waals surface area contributed by atoms with Gasteiger partial charge in [0, 0.05) is 15.3 Å². The van der Waals surface area contributed by atoms with E-state index in [1.165, 1.54) is 3.57 Å². The summed E-state index contributed by atoms with van der Waals surface area (Å²) in [5.41, 5.74) is 3.20. The minimum atomic E-state index is 0.569. The summed E-state index contributed by atoms with van der Waals surface area (Å²) in [4.78, 5) is 0. The van der Waals surface area contributed by atoms with E-state index in [9.17, 15) is 0 Å². The van der Waals surface area contributed by atoms with E-state index in [4.69, 9.17) is 23.2 Å². The van der Waals surface area contributed by atoms with E-state index < -0.39 is 0 Å². The smallest absolute Gasteiger partial charge is 0.0674 e. The molecule has 0 aliphatic heterocycles. The van der Waals surface area contributed by atoms with Crippen molar-refractivity contribution in [3.63, 3.8) is 0 Å². The van der Waals surface area contributed by atoms with Crippen molar-refractivity contribution in [1.82, 2.24) is 9.78 Å². The Hall–Kier alpha value is -1.04. The van der Waals surface area contributed by atoms with E-state index in [0.29, 0.717) is 16.6 Å². The molecule has 0 unspecified atom stereocenters. The van der Waals surface area contributed by atoms with Gasteiger partial charge in [-0.3, -0.25) is 4.68 Å². The Balaban J connectivity index is 1.85. The summed E-state index contributed by atoms with van der Waals surface area (Å²) >= 11 is 14.5. The molecule has 0 bridgehead atoms. The summed E-state index contributed by atoms with van der Waals surface area (Å²) in [6, 6.07) is 14.0. The fourth-order valence-corrected chi connectivity index (χ4v) is 2.83. The van der Waals surface area contributed by atoms with Crippen LogP contribution in [0.5, 0.6) is 0 Å². The first kappa shape index (κ1) is 14.9. The van der Waals surface area contributed by atoms with Crippen molar-refractivity contribution in [2.45, 2.75) is 6.54 Å². The fraction of sp³-hybridized carbons (Fsp3) is 0.0625. The number of hydrogen-bond donors (Lipinski definition) is 0. The minimum Gasteiger partial charge on any atom is -0.268 e. The molecule has 1 heterocycles. The van der Waals surface area contributed by atoms with Crippen molar-refractivity contribution in [2.24, 2.45) is 0 Å². The first-order valence-electron chi connectivity index (χ1n) is 6.35. The molecule has 0 atom stereocenters. The van der Waals surface area contributed by atoms with Crippen molar-refractivity contribution in [3.05, 3.63) is 74.0 Å². The second-order valence-electron chi connectivity index (χ2n) is 4.65. The zero-order valence-electron chi connectivity index (χ0n) is 10.9. The number of nitrogens with zero attached hydrogens (tertiary/aromatic N) is 2. The van der Waals surface area contributed by atoms with Gasteiger partial charge in [0.15, 0.2) is 0 Å². The third kappa shape index (κ3) is 3.42. The van der Waals surface area contributed by atoms with E-state index in [1.807, 2.05) is 29.2 Å². The van der Waals surface area contributed by atoms with Gasteiger partial charge in [-0.15, -0.1) is 0 Å². The van der Waals surface area contributed by atoms with Gasteiger partial charge in [0.05, 0.1) is 22.8 Å². The van der Waals surface area contributed by atoms with Crippen LogP contribution in [-0.4, -0.2) is 9.78 Å². The van der Waals surface area contributed by atoms with Gasteiger partial charge in [0.2, 0.25) is 0 Å². The standard InChI is InChI=1S/C16H11Cl2IN2/c17-15-3-1-2-12(16(15)18)9-21-10-13(8-20-21)11-4-6-14(19)7-5-11/h1-8,10H,9H2. The topological polar surface area (TPSA) is 17.8 Å². The SMILES string of the molecule is Clc1cccc(Cn2cc(-c3ccc(I)cc3)cn2)c1Cl. The van der Waals surface area contributed by atoms with E-state index in [1.54, 1.807) is 6.07 Å². The Morgan fingerprint density at radius 3 is 2.52 bits per heavy atom. The summed E-state index contributed by atoms with van der Waals surface area (Å²) in [5, 5.41) is 5.55. The second-order valence-corrected chi connectivity index (χ2v) is 6.68. The molecule has 0 aliphatic rings. The van der Waals surface area contributed by atoms with Crippen LogP contribution in [0.25, 0.3) is 11.1 Å². The normalized spacial score (nSPS) is 10.8. The molecule has 0 spiro atoms. The van der Waals surface area contributed by atoms with E-state index >= 15 is 0 Å². The molecule has 21 heavy (non-hydrogen) atoms. The molecule has 106 valence electrons. The van der Waals surface area contributed by atoms with Crippen LogP contribution < -0.4 is 0 Å². The predicted octanol–water partition coefficient (Wildman–Crippen LogP) is 5.51. The third-order valence-corrected chi connectivity index (χ3v) is 4.75. The molecule has 3 aromatic rings. The average molecular weight is 429 g/mol. The van der Waals surface area contributed by atoms with E-state index in [2.05, 4.69) is 52.0 Å². The van der Waals surface area contributed by atoms with Crippen LogP contribution in [0.3, 0.4) is 0 Å². The molecule has 5 heteroatoms. The highest BCUT2D eigenvalue weighted by atomic mass is 127. The van der Waals surface area contributed by atoms with Gasteiger partial charge in [-0.1, -0.05) is 47.5 Å². The van der Waals surface area contributed by atoms with Crippen LogP contribution in [0.4, 0.5) is 0 Å². The van der Waals surface area contributed by atoms with Gasteiger partial charge in [0.25, 0.3) is 0 Å². The lowest BCUT2D eigenvalue weighted by atomic mass is 10.1. The predicted molar refractivity (Wildman–Crippen MR) is 95.9 cm³/mol. The molecule has 0 aliphatic carbocycles. The molecule has 1 aromatic heterocycles. The van der Waals surface area contributed by atoms with Gasteiger partial charge in [-0.2, -0.15) is 5.10 Å². The molecular weight excluding hydrogens is 418 g/mol. The zero-order valence-corrected chi connectivity index (χ0v) is 14.6. The number of halogens is 3. The Labute approximate surface area is 146 Å². The lowest BCUT2D eigenvalue weighted by Gasteiger charge is -2.05. The van der Waals surface area contributed by atoms with Crippen molar-refractivity contribution in [1.29, 1.82) is 0 Å². The Kier molecular flexibility index (Phi) is 4.52. The second kappa shape index (κ2) is 6.38. The van der Waals surface area contributed by atoms with Gasteiger partial charge >= 0.3 is 0 Å². The number of rotatable bonds is 3. The molecule has 2 aromatic carbocycles. The Morgan fingerprint density at radius 1 is 1.00 bits per heavy atom. The Bertz CT molecular complexity index is 766. The van der Waals surface area contributed by atoms with Crippen LogP contribution in [-0.2, 0) is 6.54 Å². The van der Waals surface area contributed by atoms with Crippen LogP contribution in [0.1, 0.15) is 5.56 Å². The third-order valence-electron chi connectivity index (χ3n) is 3.17. The molecular formula is C16H11Cl2IN2. The summed E-state index contributed by atoms with van der Waals surface area (Å²) < 4.78 is 3.08. The van der Waals surface area contributed by atoms with Crippen LogP contribution in [0, 0.1) is 3.57 Å². The first-order chi connectivity index (χ1) is 10.1. The molecule has 3 rings (SSSR count). The maximum Gasteiger partial charge on any atom is 0.0674 e. The van der Waals surface area contributed by atoms with Crippen molar-refractivity contribution < 1.29 is 0 Å². The van der Waals surface area contributed by atoms with E-state index in [-0.39, 0.29) is 0 Å².